The summed E-state index contributed by atoms with van der Waals surface area (Å²) in [5, 5.41) is 11.7. The van der Waals surface area contributed by atoms with E-state index in [0.29, 0.717) is 19.4 Å². The Hall–Kier alpha value is -1.14. The number of aliphatic carboxylic acids is 1. The van der Waals surface area contributed by atoms with Crippen molar-refractivity contribution in [3.05, 3.63) is 0 Å². The van der Waals surface area contributed by atoms with Crippen molar-refractivity contribution in [2.45, 2.75) is 50.4 Å². The minimum Gasteiger partial charge on any atom is -0.479 e. The van der Waals surface area contributed by atoms with Crippen molar-refractivity contribution >= 4 is 11.9 Å². The Bertz CT molecular complexity index is 312. The third-order valence-corrected chi connectivity index (χ3v) is 3.39. The molecule has 1 unspecified atom stereocenters. The zero-order valence-electron chi connectivity index (χ0n) is 10.3. The van der Waals surface area contributed by atoms with Crippen molar-refractivity contribution in [3.63, 3.8) is 0 Å². The van der Waals surface area contributed by atoms with Gasteiger partial charge in [-0.25, -0.2) is 4.79 Å². The van der Waals surface area contributed by atoms with Gasteiger partial charge in [0.1, 0.15) is 6.10 Å². The van der Waals surface area contributed by atoms with Crippen LogP contribution in [0.3, 0.4) is 0 Å². The van der Waals surface area contributed by atoms with E-state index in [0.717, 1.165) is 25.9 Å². The highest BCUT2D eigenvalue weighted by atomic mass is 16.5. The van der Waals surface area contributed by atoms with Crippen LogP contribution in [0.2, 0.25) is 0 Å². The largest absolute Gasteiger partial charge is 0.479 e. The minimum absolute atomic E-state index is 0.118. The van der Waals surface area contributed by atoms with E-state index in [1.165, 1.54) is 0 Å². The lowest BCUT2D eigenvalue weighted by molar-refractivity contribution is -0.151. The smallest absolute Gasteiger partial charge is 0.332 e. The molecular weight excluding hydrogens is 238 g/mol. The van der Waals surface area contributed by atoms with Crippen LogP contribution in [0.4, 0.5) is 0 Å². The number of nitrogens with one attached hydrogen (secondary N) is 1. The Morgan fingerprint density at radius 2 is 1.83 bits per heavy atom. The topological polar surface area (TPSA) is 84.9 Å². The van der Waals surface area contributed by atoms with Crippen LogP contribution in [0, 0.1) is 0 Å². The highest BCUT2D eigenvalue weighted by Gasteiger charge is 2.35. The SMILES string of the molecule is O=C(NC1CCCOCC1)[C@@H]1CC[C@H](C(=O)O)O1. The number of rotatable bonds is 3. The van der Waals surface area contributed by atoms with E-state index in [1.807, 2.05) is 0 Å². The maximum atomic E-state index is 11.9. The van der Waals surface area contributed by atoms with Gasteiger partial charge in [-0.1, -0.05) is 0 Å². The molecule has 0 aliphatic carbocycles. The lowest BCUT2D eigenvalue weighted by Gasteiger charge is -2.18. The summed E-state index contributed by atoms with van der Waals surface area (Å²) in [6.45, 7) is 1.40. The van der Waals surface area contributed by atoms with Gasteiger partial charge in [0, 0.05) is 19.3 Å². The van der Waals surface area contributed by atoms with Crippen LogP contribution >= 0.6 is 0 Å². The molecule has 0 spiro atoms. The molecule has 18 heavy (non-hydrogen) atoms. The maximum Gasteiger partial charge on any atom is 0.332 e. The summed E-state index contributed by atoms with van der Waals surface area (Å²) in [6.07, 6.45) is 2.08. The standard InChI is InChI=1S/C12H19NO5/c14-11(9-3-4-10(18-9)12(15)16)13-8-2-1-6-17-7-5-8/h8-10H,1-7H2,(H,13,14)(H,15,16)/t8?,9-,10+/m0/s1. The van der Waals surface area contributed by atoms with Crippen LogP contribution in [0.5, 0.6) is 0 Å². The van der Waals surface area contributed by atoms with Gasteiger partial charge in [-0.3, -0.25) is 4.79 Å². The van der Waals surface area contributed by atoms with E-state index >= 15 is 0 Å². The monoisotopic (exact) mass is 257 g/mol. The van der Waals surface area contributed by atoms with Crippen molar-refractivity contribution in [2.75, 3.05) is 13.2 Å². The number of hydrogen-bond donors (Lipinski definition) is 2. The molecular formula is C12H19NO5. The molecule has 2 fully saturated rings. The van der Waals surface area contributed by atoms with Crippen LogP contribution < -0.4 is 5.32 Å². The summed E-state index contributed by atoms with van der Waals surface area (Å²) < 4.78 is 10.5. The molecule has 2 aliphatic rings. The van der Waals surface area contributed by atoms with Crippen molar-refractivity contribution in [2.24, 2.45) is 0 Å². The van der Waals surface area contributed by atoms with E-state index in [1.54, 1.807) is 0 Å². The second-order valence-electron chi connectivity index (χ2n) is 4.78. The average molecular weight is 257 g/mol. The predicted octanol–water partition coefficient (Wildman–Crippen LogP) is 0.304. The van der Waals surface area contributed by atoms with E-state index in [-0.39, 0.29) is 11.9 Å². The second-order valence-corrected chi connectivity index (χ2v) is 4.78. The summed E-state index contributed by atoms with van der Waals surface area (Å²) >= 11 is 0. The molecule has 0 bridgehead atoms. The van der Waals surface area contributed by atoms with Gasteiger partial charge in [-0.15, -0.1) is 0 Å². The molecule has 6 heteroatoms. The van der Waals surface area contributed by atoms with Crippen LogP contribution in [-0.4, -0.2) is 48.4 Å². The van der Waals surface area contributed by atoms with Gasteiger partial charge in [0.05, 0.1) is 0 Å². The number of carbonyl (C=O) groups excluding carboxylic acids is 1. The molecule has 0 aromatic rings. The number of carboxylic acids is 1. The van der Waals surface area contributed by atoms with E-state index < -0.39 is 18.2 Å². The first-order valence-electron chi connectivity index (χ1n) is 6.43. The normalized spacial score (nSPS) is 32.8. The fourth-order valence-electron chi connectivity index (χ4n) is 2.35. The Balaban J connectivity index is 1.79. The van der Waals surface area contributed by atoms with Crippen molar-refractivity contribution in [1.82, 2.24) is 5.32 Å². The first-order valence-corrected chi connectivity index (χ1v) is 6.43. The van der Waals surface area contributed by atoms with Crippen LogP contribution in [0.15, 0.2) is 0 Å². The predicted molar refractivity (Wildman–Crippen MR) is 62.1 cm³/mol. The number of carbonyl (C=O) groups is 2. The molecule has 2 aliphatic heterocycles. The Labute approximate surface area is 106 Å². The highest BCUT2D eigenvalue weighted by Crippen LogP contribution is 2.20. The van der Waals surface area contributed by atoms with Crippen molar-refractivity contribution < 1.29 is 24.2 Å². The lowest BCUT2D eigenvalue weighted by atomic mass is 10.1. The average Bonchev–Trinajstić information content (AvgIpc) is 2.70. The van der Waals surface area contributed by atoms with E-state index in [9.17, 15) is 9.59 Å². The van der Waals surface area contributed by atoms with Gasteiger partial charge in [-0.2, -0.15) is 0 Å². The van der Waals surface area contributed by atoms with Gasteiger partial charge in [0.2, 0.25) is 5.91 Å². The summed E-state index contributed by atoms with van der Waals surface area (Å²) in [7, 11) is 0. The molecule has 3 atom stereocenters. The molecule has 0 saturated carbocycles. The van der Waals surface area contributed by atoms with Crippen LogP contribution in [0.1, 0.15) is 32.1 Å². The first-order chi connectivity index (χ1) is 8.66. The second kappa shape index (κ2) is 6.15. The number of ether oxygens (including phenoxy) is 2. The third kappa shape index (κ3) is 3.43. The fraction of sp³-hybridized carbons (Fsp3) is 0.833. The summed E-state index contributed by atoms with van der Waals surface area (Å²) in [5.41, 5.74) is 0. The minimum atomic E-state index is -0.992. The first kappa shape index (κ1) is 13.3. The number of carboxylic acid groups (broad SMARTS) is 1. The quantitative estimate of drug-likeness (QED) is 0.759. The molecule has 0 radical (unpaired) electrons. The van der Waals surface area contributed by atoms with Gasteiger partial charge >= 0.3 is 5.97 Å². The zero-order valence-corrected chi connectivity index (χ0v) is 10.3. The highest BCUT2D eigenvalue weighted by molar-refractivity contribution is 5.82. The van der Waals surface area contributed by atoms with E-state index in [2.05, 4.69) is 5.32 Å². The van der Waals surface area contributed by atoms with Crippen LogP contribution in [-0.2, 0) is 19.1 Å². The summed E-state index contributed by atoms with van der Waals surface area (Å²) in [5.74, 6) is -1.18. The summed E-state index contributed by atoms with van der Waals surface area (Å²) in [6, 6.07) is 0.118. The van der Waals surface area contributed by atoms with Crippen molar-refractivity contribution in [3.8, 4) is 0 Å². The Kier molecular flexibility index (Phi) is 4.54. The Morgan fingerprint density at radius 3 is 2.56 bits per heavy atom. The molecule has 0 aromatic heterocycles. The molecule has 0 aromatic carbocycles. The van der Waals surface area contributed by atoms with Gasteiger partial charge in [0.15, 0.2) is 6.10 Å². The number of hydrogen-bond acceptors (Lipinski definition) is 4. The summed E-state index contributed by atoms with van der Waals surface area (Å²) in [4.78, 5) is 22.7. The van der Waals surface area contributed by atoms with Crippen molar-refractivity contribution in [1.29, 1.82) is 0 Å². The van der Waals surface area contributed by atoms with Gasteiger partial charge in [-0.05, 0) is 32.1 Å². The van der Waals surface area contributed by atoms with Crippen LogP contribution in [0.25, 0.3) is 0 Å². The molecule has 102 valence electrons. The Morgan fingerprint density at radius 1 is 1.06 bits per heavy atom. The lowest BCUT2D eigenvalue weighted by Crippen LogP contribution is -2.42. The fourth-order valence-corrected chi connectivity index (χ4v) is 2.35. The number of amides is 1. The maximum absolute atomic E-state index is 11.9. The molecule has 1 amide bonds. The van der Waals surface area contributed by atoms with Gasteiger partial charge < -0.3 is 19.9 Å². The van der Waals surface area contributed by atoms with E-state index in [4.69, 9.17) is 14.6 Å². The molecule has 2 heterocycles. The third-order valence-electron chi connectivity index (χ3n) is 3.39. The zero-order chi connectivity index (χ0) is 13.0. The molecule has 2 rings (SSSR count). The molecule has 6 nitrogen and oxygen atoms in total. The molecule has 2 saturated heterocycles. The van der Waals surface area contributed by atoms with Gasteiger partial charge in [0.25, 0.3) is 0 Å². The molecule has 2 N–H and O–H groups in total.